The minimum absolute atomic E-state index is 1.01. The third-order valence-corrected chi connectivity index (χ3v) is 2.67. The first-order valence-corrected chi connectivity index (χ1v) is 6.15. The first kappa shape index (κ1) is 16.6. The molecule has 7 heteroatoms. The lowest BCUT2D eigenvalue weighted by Gasteiger charge is -2.09. The van der Waals surface area contributed by atoms with Crippen molar-refractivity contribution >= 4 is 23.3 Å². The standard InChI is InChI=1S/C9H16N2S.C2H2O4/c1-11(2)6-5-10-8-9-4-3-7-12-9;3-1(4)2(5)6/h3-4,7,10H,5-6,8H2,1-2H3;(H,3,4)(H,5,6). The zero-order valence-electron chi connectivity index (χ0n) is 10.4. The zero-order chi connectivity index (χ0) is 14.0. The molecule has 0 aromatic carbocycles. The molecule has 1 aromatic heterocycles. The second-order valence-corrected chi connectivity index (χ2v) is 4.70. The number of aliphatic carboxylic acids is 2. The molecule has 0 radical (unpaired) electrons. The molecule has 6 nitrogen and oxygen atoms in total. The highest BCUT2D eigenvalue weighted by molar-refractivity contribution is 7.09. The van der Waals surface area contributed by atoms with Gasteiger partial charge in [0.2, 0.25) is 0 Å². The molecule has 3 N–H and O–H groups in total. The van der Waals surface area contributed by atoms with E-state index >= 15 is 0 Å². The molecule has 1 aromatic rings. The molecule has 0 unspecified atom stereocenters. The average Bonchev–Trinajstić information content (AvgIpc) is 2.77. The third-order valence-electron chi connectivity index (χ3n) is 1.80. The Morgan fingerprint density at radius 2 is 1.94 bits per heavy atom. The van der Waals surface area contributed by atoms with E-state index in [0.29, 0.717) is 0 Å². The van der Waals surface area contributed by atoms with Crippen molar-refractivity contribution in [2.75, 3.05) is 27.2 Å². The Bertz CT molecular complexity index is 340. The van der Waals surface area contributed by atoms with E-state index in [0.717, 1.165) is 19.6 Å². The van der Waals surface area contributed by atoms with Crippen LogP contribution < -0.4 is 5.32 Å². The SMILES string of the molecule is CN(C)CCNCc1cccs1.O=C(O)C(=O)O. The van der Waals surface area contributed by atoms with Gasteiger partial charge in [0, 0.05) is 24.5 Å². The van der Waals surface area contributed by atoms with Crippen molar-refractivity contribution < 1.29 is 19.8 Å². The summed E-state index contributed by atoms with van der Waals surface area (Å²) < 4.78 is 0. The summed E-state index contributed by atoms with van der Waals surface area (Å²) in [5.74, 6) is -3.65. The molecule has 1 rings (SSSR count). The van der Waals surface area contributed by atoms with Crippen molar-refractivity contribution in [3.63, 3.8) is 0 Å². The Balaban J connectivity index is 0.000000411. The molecule has 0 saturated carbocycles. The quantitative estimate of drug-likeness (QED) is 0.537. The van der Waals surface area contributed by atoms with Crippen LogP contribution in [0.1, 0.15) is 4.88 Å². The predicted octanol–water partition coefficient (Wildman–Crippen LogP) is 0.555. The van der Waals surface area contributed by atoms with Gasteiger partial charge in [0.15, 0.2) is 0 Å². The molecular weight excluding hydrogens is 256 g/mol. The molecule has 0 atom stereocenters. The first-order valence-electron chi connectivity index (χ1n) is 5.27. The van der Waals surface area contributed by atoms with Crippen LogP contribution in [0.15, 0.2) is 17.5 Å². The maximum absolute atomic E-state index is 9.10. The summed E-state index contributed by atoms with van der Waals surface area (Å²) in [6.07, 6.45) is 0. The van der Waals surface area contributed by atoms with E-state index in [1.54, 1.807) is 11.3 Å². The maximum Gasteiger partial charge on any atom is 0.414 e. The van der Waals surface area contributed by atoms with Gasteiger partial charge in [0.05, 0.1) is 0 Å². The number of carbonyl (C=O) groups is 2. The molecule has 18 heavy (non-hydrogen) atoms. The fraction of sp³-hybridized carbons (Fsp3) is 0.455. The molecule has 0 aliphatic carbocycles. The van der Waals surface area contributed by atoms with Crippen molar-refractivity contribution in [1.29, 1.82) is 0 Å². The Morgan fingerprint density at radius 3 is 2.33 bits per heavy atom. The number of carboxylic acids is 2. The fourth-order valence-electron chi connectivity index (χ4n) is 0.927. The fourth-order valence-corrected chi connectivity index (χ4v) is 1.60. The van der Waals surface area contributed by atoms with Gasteiger partial charge in [0.25, 0.3) is 0 Å². The van der Waals surface area contributed by atoms with E-state index in [1.807, 2.05) is 0 Å². The van der Waals surface area contributed by atoms with Crippen molar-refractivity contribution in [1.82, 2.24) is 10.2 Å². The molecule has 0 aliphatic rings. The first-order chi connectivity index (χ1) is 8.43. The van der Waals surface area contributed by atoms with Gasteiger partial charge in [0.1, 0.15) is 0 Å². The average molecular weight is 274 g/mol. The Labute approximate surface area is 110 Å². The lowest BCUT2D eigenvalue weighted by molar-refractivity contribution is -0.159. The molecule has 0 saturated heterocycles. The molecular formula is C11H18N2O4S. The van der Waals surface area contributed by atoms with E-state index in [2.05, 4.69) is 41.8 Å². The van der Waals surface area contributed by atoms with Crippen molar-refractivity contribution in [2.24, 2.45) is 0 Å². The van der Waals surface area contributed by atoms with Crippen LogP contribution in [-0.2, 0) is 16.1 Å². The second-order valence-electron chi connectivity index (χ2n) is 3.67. The van der Waals surface area contributed by atoms with Gasteiger partial charge >= 0.3 is 11.9 Å². The molecule has 0 amide bonds. The molecule has 0 bridgehead atoms. The summed E-state index contributed by atoms with van der Waals surface area (Å²) in [5.41, 5.74) is 0. The van der Waals surface area contributed by atoms with Gasteiger partial charge < -0.3 is 20.4 Å². The minimum atomic E-state index is -1.82. The van der Waals surface area contributed by atoms with E-state index < -0.39 is 11.9 Å². The number of nitrogens with zero attached hydrogens (tertiary/aromatic N) is 1. The summed E-state index contributed by atoms with van der Waals surface area (Å²) in [4.78, 5) is 21.8. The Morgan fingerprint density at radius 1 is 1.33 bits per heavy atom. The summed E-state index contributed by atoms with van der Waals surface area (Å²) >= 11 is 1.81. The van der Waals surface area contributed by atoms with Gasteiger partial charge in [-0.15, -0.1) is 11.3 Å². The number of rotatable bonds is 5. The number of likely N-dealkylation sites (N-methyl/N-ethyl adjacent to an activating group) is 1. The topological polar surface area (TPSA) is 89.9 Å². The van der Waals surface area contributed by atoms with Crippen LogP contribution in [0.2, 0.25) is 0 Å². The van der Waals surface area contributed by atoms with Crippen LogP contribution in [0.25, 0.3) is 0 Å². The largest absolute Gasteiger partial charge is 0.473 e. The van der Waals surface area contributed by atoms with E-state index in [9.17, 15) is 0 Å². The summed E-state index contributed by atoms with van der Waals surface area (Å²) in [5, 5.41) is 20.3. The number of thiophene rings is 1. The van der Waals surface area contributed by atoms with Crippen molar-refractivity contribution in [3.8, 4) is 0 Å². The summed E-state index contributed by atoms with van der Waals surface area (Å²) in [7, 11) is 4.18. The van der Waals surface area contributed by atoms with Gasteiger partial charge in [-0.1, -0.05) is 6.07 Å². The highest BCUT2D eigenvalue weighted by Crippen LogP contribution is 2.06. The molecule has 0 fully saturated rings. The number of nitrogens with one attached hydrogen (secondary N) is 1. The molecule has 1 heterocycles. The van der Waals surface area contributed by atoms with Gasteiger partial charge in [-0.3, -0.25) is 0 Å². The van der Waals surface area contributed by atoms with E-state index in [4.69, 9.17) is 19.8 Å². The van der Waals surface area contributed by atoms with E-state index in [1.165, 1.54) is 4.88 Å². The molecule has 0 aliphatic heterocycles. The smallest absolute Gasteiger partial charge is 0.414 e. The normalized spacial score (nSPS) is 9.72. The third kappa shape index (κ3) is 9.76. The lowest BCUT2D eigenvalue weighted by Crippen LogP contribution is -2.25. The summed E-state index contributed by atoms with van der Waals surface area (Å²) in [6, 6.07) is 4.25. The predicted molar refractivity (Wildman–Crippen MR) is 69.9 cm³/mol. The van der Waals surface area contributed by atoms with Gasteiger partial charge in [-0.05, 0) is 25.5 Å². The van der Waals surface area contributed by atoms with Crippen LogP contribution in [0, 0.1) is 0 Å². The monoisotopic (exact) mass is 274 g/mol. The van der Waals surface area contributed by atoms with Crippen LogP contribution in [0.4, 0.5) is 0 Å². The van der Waals surface area contributed by atoms with Crippen LogP contribution in [-0.4, -0.2) is 54.2 Å². The minimum Gasteiger partial charge on any atom is -0.473 e. The lowest BCUT2D eigenvalue weighted by atomic mass is 10.4. The maximum atomic E-state index is 9.10. The number of hydrogen-bond donors (Lipinski definition) is 3. The number of hydrogen-bond acceptors (Lipinski definition) is 5. The zero-order valence-corrected chi connectivity index (χ0v) is 11.2. The van der Waals surface area contributed by atoms with Crippen LogP contribution in [0.5, 0.6) is 0 Å². The van der Waals surface area contributed by atoms with Crippen LogP contribution >= 0.6 is 11.3 Å². The van der Waals surface area contributed by atoms with Gasteiger partial charge in [-0.2, -0.15) is 0 Å². The molecule has 0 spiro atoms. The highest BCUT2D eigenvalue weighted by Gasteiger charge is 2.04. The second kappa shape index (κ2) is 9.58. The Hall–Kier alpha value is -1.44. The van der Waals surface area contributed by atoms with Crippen molar-refractivity contribution in [3.05, 3.63) is 22.4 Å². The highest BCUT2D eigenvalue weighted by atomic mass is 32.1. The van der Waals surface area contributed by atoms with E-state index in [-0.39, 0.29) is 0 Å². The number of carboxylic acid groups (broad SMARTS) is 2. The van der Waals surface area contributed by atoms with Crippen LogP contribution in [0.3, 0.4) is 0 Å². The Kier molecular flexibility index (Phi) is 8.81. The summed E-state index contributed by atoms with van der Waals surface area (Å²) in [6.45, 7) is 3.17. The van der Waals surface area contributed by atoms with Gasteiger partial charge in [-0.25, -0.2) is 9.59 Å². The molecule has 102 valence electrons. The van der Waals surface area contributed by atoms with Crippen molar-refractivity contribution in [2.45, 2.75) is 6.54 Å².